The van der Waals surface area contributed by atoms with E-state index in [0.29, 0.717) is 22.6 Å². The number of nitrogens with zero attached hydrogens (tertiary/aromatic N) is 5. The first kappa shape index (κ1) is 25.1. The van der Waals surface area contributed by atoms with E-state index in [4.69, 9.17) is 4.99 Å². The Morgan fingerprint density at radius 2 is 1.12 bits per heavy atom. The van der Waals surface area contributed by atoms with Crippen molar-refractivity contribution < 1.29 is 0 Å². The largest absolute Gasteiger partial charge is 0.340 e. The van der Waals surface area contributed by atoms with E-state index in [-0.39, 0.29) is 11.1 Å². The van der Waals surface area contributed by atoms with Crippen molar-refractivity contribution in [2.45, 2.75) is 6.04 Å². The summed E-state index contributed by atoms with van der Waals surface area (Å²) in [6.45, 7) is 0. The van der Waals surface area contributed by atoms with Gasteiger partial charge in [0.05, 0.1) is 22.8 Å². The summed E-state index contributed by atoms with van der Waals surface area (Å²) in [5.41, 5.74) is 6.79. The fourth-order valence-electron chi connectivity index (χ4n) is 5.09. The van der Waals surface area contributed by atoms with Crippen LogP contribution in [0.2, 0.25) is 0 Å². The van der Waals surface area contributed by atoms with Crippen LogP contribution in [0, 0.1) is 34.0 Å². The molecule has 5 aromatic carbocycles. The number of anilines is 4. The van der Waals surface area contributed by atoms with Crippen LogP contribution < -0.4 is 10.2 Å². The Morgan fingerprint density at radius 1 is 0.561 bits per heavy atom. The second-order valence-electron chi connectivity index (χ2n) is 9.47. The zero-order valence-corrected chi connectivity index (χ0v) is 21.9. The number of para-hydroxylation sites is 2. The zero-order valence-electron chi connectivity index (χ0n) is 21.9. The average molecular weight is 527 g/mol. The number of nitrogens with one attached hydrogen (secondary N) is 1. The topological polar surface area (TPSA) is 99.0 Å². The number of hydrogen-bond acceptors (Lipinski definition) is 6. The number of amidine groups is 1. The highest BCUT2D eigenvalue weighted by Gasteiger charge is 2.28. The second kappa shape index (κ2) is 10.9. The minimum absolute atomic E-state index is 0.269. The van der Waals surface area contributed by atoms with Gasteiger partial charge in [-0.2, -0.15) is 15.8 Å². The van der Waals surface area contributed by atoms with Gasteiger partial charge in [0, 0.05) is 33.9 Å². The molecule has 0 saturated heterocycles. The number of fused-ring (bicyclic) bond motifs is 1. The highest BCUT2D eigenvalue weighted by Crippen LogP contribution is 2.41. The highest BCUT2D eigenvalue weighted by molar-refractivity contribution is 6.10. The van der Waals surface area contributed by atoms with E-state index in [0.717, 1.165) is 28.2 Å². The van der Waals surface area contributed by atoms with Crippen molar-refractivity contribution in [1.29, 1.82) is 15.8 Å². The maximum absolute atomic E-state index is 10.4. The molecule has 5 aromatic rings. The van der Waals surface area contributed by atoms with Crippen LogP contribution in [-0.2, 0) is 0 Å². The molecule has 0 radical (unpaired) electrons. The molecule has 192 valence electrons. The summed E-state index contributed by atoms with van der Waals surface area (Å²) in [4.78, 5) is 7.15. The van der Waals surface area contributed by atoms with Crippen LogP contribution in [0.25, 0.3) is 0 Å². The third kappa shape index (κ3) is 4.77. The van der Waals surface area contributed by atoms with Crippen LogP contribution in [0.3, 0.4) is 0 Å². The van der Waals surface area contributed by atoms with Crippen molar-refractivity contribution in [3.05, 3.63) is 155 Å². The minimum atomic E-state index is -0.563. The molecule has 1 aliphatic rings. The van der Waals surface area contributed by atoms with Gasteiger partial charge in [-0.25, -0.2) is 0 Å². The van der Waals surface area contributed by atoms with Gasteiger partial charge >= 0.3 is 0 Å². The quantitative estimate of drug-likeness (QED) is 0.253. The van der Waals surface area contributed by atoms with Gasteiger partial charge in [-0.05, 0) is 54.1 Å². The van der Waals surface area contributed by atoms with Crippen molar-refractivity contribution in [2.24, 2.45) is 4.99 Å². The number of rotatable bonds is 5. The van der Waals surface area contributed by atoms with E-state index >= 15 is 0 Å². The lowest BCUT2D eigenvalue weighted by Crippen LogP contribution is -2.23. The lowest BCUT2D eigenvalue weighted by Gasteiger charge is -2.29. The van der Waals surface area contributed by atoms with Gasteiger partial charge in [0.1, 0.15) is 24.0 Å². The molecule has 0 bridgehead atoms. The van der Waals surface area contributed by atoms with E-state index < -0.39 is 6.04 Å². The fraction of sp³-hybridized carbons (Fsp3) is 0.0286. The number of nitriles is 3. The molecule has 0 spiro atoms. The SMILES string of the molecule is N#Cc1cc2c(cc1C#N)C(c1ccc(N(c3ccccc3)c3ccccc3)cc1C#N)N=C(c1ccccc1)N2. The van der Waals surface area contributed by atoms with Crippen LogP contribution >= 0.6 is 0 Å². The van der Waals surface area contributed by atoms with Crippen LogP contribution in [0.1, 0.15) is 39.4 Å². The summed E-state index contributed by atoms with van der Waals surface area (Å²) in [7, 11) is 0. The maximum atomic E-state index is 10.4. The average Bonchev–Trinajstić information content (AvgIpc) is 3.05. The molecule has 6 nitrogen and oxygen atoms in total. The van der Waals surface area contributed by atoms with Gasteiger partial charge in [0.2, 0.25) is 0 Å². The number of hydrogen-bond donors (Lipinski definition) is 1. The van der Waals surface area contributed by atoms with Crippen molar-refractivity contribution in [1.82, 2.24) is 0 Å². The van der Waals surface area contributed by atoms with Gasteiger partial charge in [-0.1, -0.05) is 72.8 Å². The van der Waals surface area contributed by atoms with Crippen LogP contribution in [0.15, 0.2) is 126 Å². The molecule has 6 heteroatoms. The monoisotopic (exact) mass is 526 g/mol. The molecule has 6 rings (SSSR count). The number of benzene rings is 5. The summed E-state index contributed by atoms with van der Waals surface area (Å²) in [5, 5.41) is 33.1. The van der Waals surface area contributed by atoms with E-state index in [1.54, 1.807) is 12.1 Å². The summed E-state index contributed by atoms with van der Waals surface area (Å²) >= 11 is 0. The Morgan fingerprint density at radius 3 is 1.71 bits per heavy atom. The standard InChI is InChI=1S/C35H22N6/c36-21-25-19-32-33(20-26(25)22-37)39-35(24-10-4-1-5-11-24)40-34(32)31-17-16-30(18-27(31)23-38)41(28-12-6-2-7-13-28)29-14-8-3-9-15-29/h1-20,34H,(H,39,40). The van der Waals surface area contributed by atoms with Gasteiger partial charge in [-0.3, -0.25) is 4.99 Å². The molecular weight excluding hydrogens is 504 g/mol. The summed E-state index contributed by atoms with van der Waals surface area (Å²) in [5.74, 6) is 0.625. The Bertz CT molecular complexity index is 1850. The van der Waals surface area contributed by atoms with Crippen molar-refractivity contribution in [3.8, 4) is 18.2 Å². The van der Waals surface area contributed by atoms with Crippen molar-refractivity contribution in [3.63, 3.8) is 0 Å². The van der Waals surface area contributed by atoms with Crippen LogP contribution in [-0.4, -0.2) is 5.84 Å². The molecule has 1 unspecified atom stereocenters. The van der Waals surface area contributed by atoms with Gasteiger partial charge in [-0.15, -0.1) is 0 Å². The third-order valence-corrected chi connectivity index (χ3v) is 7.02. The maximum Gasteiger partial charge on any atom is 0.133 e. The summed E-state index contributed by atoms with van der Waals surface area (Å²) < 4.78 is 0. The molecule has 1 heterocycles. The lowest BCUT2D eigenvalue weighted by atomic mass is 9.89. The molecule has 0 amide bonds. The van der Waals surface area contributed by atoms with E-state index in [1.165, 1.54) is 0 Å². The smallest absolute Gasteiger partial charge is 0.133 e. The van der Waals surface area contributed by atoms with E-state index in [9.17, 15) is 15.8 Å². The summed E-state index contributed by atoms with van der Waals surface area (Å²) in [6.07, 6.45) is 0. The lowest BCUT2D eigenvalue weighted by molar-refractivity contribution is 0.858. The summed E-state index contributed by atoms with van der Waals surface area (Å²) in [6, 6.07) is 45.0. The molecular formula is C35H22N6. The van der Waals surface area contributed by atoms with Gasteiger partial charge in [0.15, 0.2) is 0 Å². The first-order valence-corrected chi connectivity index (χ1v) is 13.0. The van der Waals surface area contributed by atoms with Gasteiger partial charge < -0.3 is 10.2 Å². The highest BCUT2D eigenvalue weighted by atomic mass is 15.1. The third-order valence-electron chi connectivity index (χ3n) is 7.02. The fourth-order valence-corrected chi connectivity index (χ4v) is 5.09. The normalized spacial score (nSPS) is 13.4. The molecule has 0 fully saturated rings. The molecule has 0 aliphatic carbocycles. The second-order valence-corrected chi connectivity index (χ2v) is 9.47. The van der Waals surface area contributed by atoms with E-state index in [2.05, 4.69) is 28.4 Å². The molecule has 0 saturated carbocycles. The molecule has 1 aliphatic heterocycles. The number of aliphatic imine (C=N–C) groups is 1. The van der Waals surface area contributed by atoms with Crippen LogP contribution in [0.4, 0.5) is 22.7 Å². The molecule has 1 atom stereocenters. The predicted octanol–water partition coefficient (Wildman–Crippen LogP) is 7.73. The van der Waals surface area contributed by atoms with Crippen molar-refractivity contribution >= 4 is 28.6 Å². The molecule has 1 N–H and O–H groups in total. The Balaban J connectivity index is 1.53. The Kier molecular flexibility index (Phi) is 6.69. The molecule has 41 heavy (non-hydrogen) atoms. The first-order chi connectivity index (χ1) is 20.2. The van der Waals surface area contributed by atoms with Crippen molar-refractivity contribution in [2.75, 3.05) is 10.2 Å². The van der Waals surface area contributed by atoms with E-state index in [1.807, 2.05) is 109 Å². The first-order valence-electron chi connectivity index (χ1n) is 13.0. The minimum Gasteiger partial charge on any atom is -0.340 e. The Hall–Kier alpha value is -6.16. The Labute approximate surface area is 238 Å². The predicted molar refractivity (Wildman–Crippen MR) is 160 cm³/mol. The van der Waals surface area contributed by atoms with Gasteiger partial charge in [0.25, 0.3) is 0 Å². The zero-order chi connectivity index (χ0) is 28.2. The molecule has 0 aromatic heterocycles. The van der Waals surface area contributed by atoms with Crippen LogP contribution in [0.5, 0.6) is 0 Å².